The molecule has 2 aromatic carbocycles. The maximum atomic E-state index is 12.2. The highest BCUT2D eigenvalue weighted by Gasteiger charge is 2.12. The van der Waals surface area contributed by atoms with E-state index < -0.39 is 0 Å². The van der Waals surface area contributed by atoms with E-state index in [1.54, 1.807) is 17.8 Å². The van der Waals surface area contributed by atoms with Crippen LogP contribution in [0.4, 0.5) is 0 Å². The van der Waals surface area contributed by atoms with Crippen LogP contribution in [0.5, 0.6) is 0 Å². The summed E-state index contributed by atoms with van der Waals surface area (Å²) in [6, 6.07) is 18.8. The summed E-state index contributed by atoms with van der Waals surface area (Å²) >= 11 is 5.18. The third-order valence-corrected chi connectivity index (χ3v) is 5.55. The maximum absolute atomic E-state index is 12.2. The zero-order chi connectivity index (χ0) is 19.5. The van der Waals surface area contributed by atoms with Crippen molar-refractivity contribution in [3.8, 4) is 22.6 Å². The molecule has 28 heavy (non-hydrogen) atoms. The van der Waals surface area contributed by atoms with Gasteiger partial charge in [0.1, 0.15) is 6.54 Å². The van der Waals surface area contributed by atoms with Gasteiger partial charge in [0.15, 0.2) is 0 Å². The van der Waals surface area contributed by atoms with E-state index in [4.69, 9.17) is 4.52 Å². The van der Waals surface area contributed by atoms with Gasteiger partial charge in [-0.05, 0) is 42.7 Å². The normalized spacial score (nSPS) is 10.9. The Balaban J connectivity index is 1.61. The summed E-state index contributed by atoms with van der Waals surface area (Å²) in [5, 5.41) is 8.47. The molecule has 0 aliphatic carbocycles. The summed E-state index contributed by atoms with van der Waals surface area (Å²) in [4.78, 5) is 17.8. The molecule has 0 amide bonds. The Hall–Kier alpha value is -2.71. The summed E-state index contributed by atoms with van der Waals surface area (Å²) in [7, 11) is 0. The monoisotopic (exact) mass is 454 g/mol. The molecule has 6 nitrogen and oxygen atoms in total. The smallest absolute Gasteiger partial charge is 0.267 e. The van der Waals surface area contributed by atoms with E-state index in [1.165, 1.54) is 10.7 Å². The van der Waals surface area contributed by atoms with Gasteiger partial charge >= 0.3 is 0 Å². The second kappa shape index (κ2) is 8.12. The first-order valence-corrected chi connectivity index (χ1v) is 10.5. The highest BCUT2D eigenvalue weighted by atomic mass is 79.9. The molecule has 0 fully saturated rings. The number of hydrogen-bond acceptors (Lipinski definition) is 6. The fourth-order valence-corrected chi connectivity index (χ4v) is 3.58. The minimum atomic E-state index is -0.236. The topological polar surface area (TPSA) is 73.8 Å². The van der Waals surface area contributed by atoms with Gasteiger partial charge in [-0.15, -0.1) is 11.8 Å². The summed E-state index contributed by atoms with van der Waals surface area (Å²) < 4.78 is 7.56. The minimum absolute atomic E-state index is 0.104. The number of rotatable bonds is 5. The third-order valence-electron chi connectivity index (χ3n) is 4.12. The molecule has 0 aliphatic heterocycles. The minimum Gasteiger partial charge on any atom is -0.337 e. The van der Waals surface area contributed by atoms with Gasteiger partial charge in [-0.1, -0.05) is 39.3 Å². The van der Waals surface area contributed by atoms with Crippen LogP contribution in [0.1, 0.15) is 5.89 Å². The van der Waals surface area contributed by atoms with Crippen LogP contribution in [0.25, 0.3) is 22.6 Å². The van der Waals surface area contributed by atoms with Crippen LogP contribution in [0.2, 0.25) is 0 Å². The van der Waals surface area contributed by atoms with Crippen molar-refractivity contribution in [2.24, 2.45) is 0 Å². The molecule has 2 heterocycles. The van der Waals surface area contributed by atoms with Gasteiger partial charge < -0.3 is 4.52 Å². The second-order valence-electron chi connectivity index (χ2n) is 5.93. The lowest BCUT2D eigenvalue weighted by atomic mass is 10.1. The van der Waals surface area contributed by atoms with Gasteiger partial charge in [0, 0.05) is 26.6 Å². The molecular formula is C20H15BrN4O2S. The molecule has 8 heteroatoms. The quantitative estimate of drug-likeness (QED) is 0.413. The lowest BCUT2D eigenvalue weighted by Crippen LogP contribution is -2.23. The average Bonchev–Trinajstić information content (AvgIpc) is 3.19. The Morgan fingerprint density at radius 1 is 1.07 bits per heavy atom. The largest absolute Gasteiger partial charge is 0.337 e. The van der Waals surface area contributed by atoms with Gasteiger partial charge in [-0.25, -0.2) is 4.68 Å². The van der Waals surface area contributed by atoms with E-state index in [9.17, 15) is 4.79 Å². The van der Waals surface area contributed by atoms with Crippen molar-refractivity contribution < 1.29 is 4.52 Å². The molecule has 0 N–H and O–H groups in total. The molecule has 0 radical (unpaired) electrons. The van der Waals surface area contributed by atoms with Crippen molar-refractivity contribution in [2.45, 2.75) is 11.4 Å². The SMILES string of the molecule is CSc1ccc(-c2noc(Cn3nc(-c4ccccc4Br)ccc3=O)n2)cc1. The van der Waals surface area contributed by atoms with Gasteiger partial charge in [-0.2, -0.15) is 10.1 Å². The molecule has 0 unspecified atom stereocenters. The molecule has 0 saturated carbocycles. The van der Waals surface area contributed by atoms with Crippen molar-refractivity contribution >= 4 is 27.7 Å². The van der Waals surface area contributed by atoms with Crippen LogP contribution in [0, 0.1) is 0 Å². The zero-order valence-corrected chi connectivity index (χ0v) is 17.3. The highest BCUT2D eigenvalue weighted by molar-refractivity contribution is 9.10. The van der Waals surface area contributed by atoms with Gasteiger partial charge in [0.05, 0.1) is 5.69 Å². The molecule has 0 atom stereocenters. The van der Waals surface area contributed by atoms with Crippen LogP contribution in [0.15, 0.2) is 79.3 Å². The molecule has 2 aromatic heterocycles. The maximum Gasteiger partial charge on any atom is 0.267 e. The van der Waals surface area contributed by atoms with Crippen molar-refractivity contribution in [2.75, 3.05) is 6.26 Å². The Morgan fingerprint density at radius 3 is 2.61 bits per heavy atom. The zero-order valence-electron chi connectivity index (χ0n) is 14.9. The van der Waals surface area contributed by atoms with E-state index in [0.29, 0.717) is 17.4 Å². The third kappa shape index (κ3) is 3.93. The first-order chi connectivity index (χ1) is 13.6. The van der Waals surface area contributed by atoms with Crippen molar-refractivity contribution in [3.63, 3.8) is 0 Å². The molecule has 4 aromatic rings. The van der Waals surface area contributed by atoms with Crippen molar-refractivity contribution in [1.82, 2.24) is 19.9 Å². The number of benzene rings is 2. The number of aromatic nitrogens is 4. The fourth-order valence-electron chi connectivity index (χ4n) is 2.68. The Bertz CT molecular complexity index is 1170. The predicted molar refractivity (Wildman–Crippen MR) is 112 cm³/mol. The Labute approximate surface area is 173 Å². The average molecular weight is 455 g/mol. The van der Waals surface area contributed by atoms with Crippen LogP contribution >= 0.6 is 27.7 Å². The summed E-state index contributed by atoms with van der Waals surface area (Å²) in [6.45, 7) is 0.104. The van der Waals surface area contributed by atoms with Gasteiger partial charge in [0.2, 0.25) is 11.7 Å². The second-order valence-corrected chi connectivity index (χ2v) is 7.67. The lowest BCUT2D eigenvalue weighted by molar-refractivity contribution is 0.363. The van der Waals surface area contributed by atoms with Crippen LogP contribution in [-0.2, 0) is 6.54 Å². The summed E-state index contributed by atoms with van der Waals surface area (Å²) in [5.41, 5.74) is 2.20. The summed E-state index contributed by atoms with van der Waals surface area (Å²) in [5.74, 6) is 0.806. The first kappa shape index (κ1) is 18.6. The standard InChI is InChI=1S/C20H15BrN4O2S/c1-28-14-8-6-13(7-9-14)20-22-18(27-24-20)12-25-19(26)11-10-17(23-25)15-4-2-3-5-16(15)21/h2-11H,12H2,1H3. The van der Waals surface area contributed by atoms with Crippen molar-refractivity contribution in [3.05, 3.63) is 81.4 Å². The van der Waals surface area contributed by atoms with E-state index in [1.807, 2.05) is 54.8 Å². The van der Waals surface area contributed by atoms with E-state index >= 15 is 0 Å². The molecular weight excluding hydrogens is 440 g/mol. The van der Waals surface area contributed by atoms with E-state index in [-0.39, 0.29) is 12.1 Å². The Kier molecular flexibility index (Phi) is 5.40. The number of nitrogens with zero attached hydrogens (tertiary/aromatic N) is 4. The lowest BCUT2D eigenvalue weighted by Gasteiger charge is -2.06. The van der Waals surface area contributed by atoms with Crippen LogP contribution in [-0.4, -0.2) is 26.2 Å². The molecule has 0 saturated heterocycles. The van der Waals surface area contributed by atoms with Crippen LogP contribution in [0.3, 0.4) is 0 Å². The number of hydrogen-bond donors (Lipinski definition) is 0. The molecule has 0 spiro atoms. The first-order valence-electron chi connectivity index (χ1n) is 8.44. The van der Waals surface area contributed by atoms with Gasteiger partial charge in [0.25, 0.3) is 5.56 Å². The molecule has 140 valence electrons. The van der Waals surface area contributed by atoms with Crippen LogP contribution < -0.4 is 5.56 Å². The van der Waals surface area contributed by atoms with E-state index in [2.05, 4.69) is 31.2 Å². The van der Waals surface area contributed by atoms with Gasteiger partial charge in [-0.3, -0.25) is 4.79 Å². The summed E-state index contributed by atoms with van der Waals surface area (Å²) in [6.07, 6.45) is 2.02. The molecule has 0 bridgehead atoms. The molecule has 4 rings (SSSR count). The number of halogens is 1. The highest BCUT2D eigenvalue weighted by Crippen LogP contribution is 2.25. The van der Waals surface area contributed by atoms with E-state index in [0.717, 1.165) is 20.5 Å². The fraction of sp³-hybridized carbons (Fsp3) is 0.100. The predicted octanol–water partition coefficient (Wildman–Crippen LogP) is 4.49. The molecule has 0 aliphatic rings. The number of thioether (sulfide) groups is 1. The Morgan fingerprint density at radius 2 is 1.86 bits per heavy atom. The van der Waals surface area contributed by atoms with Crippen molar-refractivity contribution in [1.29, 1.82) is 0 Å².